The highest BCUT2D eigenvalue weighted by Gasteiger charge is 2.13. The first-order chi connectivity index (χ1) is 9.32. The van der Waals surface area contributed by atoms with Crippen molar-refractivity contribution in [3.63, 3.8) is 0 Å². The van der Waals surface area contributed by atoms with Crippen LogP contribution in [0.5, 0.6) is 0 Å². The maximum absolute atomic E-state index is 13.0. The molecule has 2 nitrogen and oxygen atoms in total. The second-order valence-electron chi connectivity index (χ2n) is 5.48. The molecule has 1 rings (SSSR count). The third-order valence-electron chi connectivity index (χ3n) is 3.25. The number of nitrogens with zero attached hydrogens (tertiary/aromatic N) is 1. The minimum absolute atomic E-state index is 0.318. The molecule has 0 fully saturated rings. The lowest BCUT2D eigenvalue weighted by Gasteiger charge is -2.30. The van der Waals surface area contributed by atoms with Crippen molar-refractivity contribution in [2.75, 3.05) is 13.1 Å². The smallest absolute Gasteiger partial charge is 0.194 e. The highest BCUT2D eigenvalue weighted by molar-refractivity contribution is 5.19. The Kier molecular flexibility index (Phi) is 6.49. The molecule has 1 aromatic carbocycles. The Hall–Kier alpha value is -1.07. The van der Waals surface area contributed by atoms with E-state index in [2.05, 4.69) is 37.9 Å². The number of hydrogen-bond donors (Lipinski definition) is 1. The van der Waals surface area contributed by atoms with Crippen molar-refractivity contribution >= 4 is 0 Å². The van der Waals surface area contributed by atoms with Gasteiger partial charge in [0.05, 0.1) is 0 Å². The Morgan fingerprint density at radius 1 is 1.00 bits per heavy atom. The lowest BCUT2D eigenvalue weighted by molar-refractivity contribution is 0.176. The van der Waals surface area contributed by atoms with Crippen LogP contribution in [-0.2, 0) is 6.54 Å². The number of rotatable bonds is 7. The molecule has 0 aliphatic carbocycles. The molecular weight excluding hydrogens is 265 g/mol. The number of nitrogens with one attached hydrogen (secondary N) is 1. The number of hydrogen-bond acceptors (Lipinski definition) is 2. The molecule has 5 heteroatoms. The Morgan fingerprint density at radius 2 is 1.50 bits per heavy atom. The molecule has 1 aromatic rings. The summed E-state index contributed by atoms with van der Waals surface area (Å²) in [6, 6.07) is 2.93. The molecule has 0 saturated heterocycles. The quantitative estimate of drug-likeness (QED) is 0.611. The van der Waals surface area contributed by atoms with Crippen LogP contribution in [0.3, 0.4) is 0 Å². The fourth-order valence-corrected chi connectivity index (χ4v) is 2.26. The van der Waals surface area contributed by atoms with E-state index in [1.54, 1.807) is 0 Å². The summed E-state index contributed by atoms with van der Waals surface area (Å²) >= 11 is 0. The lowest BCUT2D eigenvalue weighted by Crippen LogP contribution is -2.41. The second kappa shape index (κ2) is 7.64. The first-order valence-corrected chi connectivity index (χ1v) is 6.92. The van der Waals surface area contributed by atoms with Gasteiger partial charge in [0, 0.05) is 31.7 Å². The molecule has 0 heterocycles. The van der Waals surface area contributed by atoms with Crippen molar-refractivity contribution in [1.29, 1.82) is 0 Å². The van der Waals surface area contributed by atoms with E-state index in [0.29, 0.717) is 30.7 Å². The summed E-state index contributed by atoms with van der Waals surface area (Å²) in [5.74, 6) is -3.71. The van der Waals surface area contributed by atoms with Crippen LogP contribution in [0.2, 0.25) is 0 Å². The van der Waals surface area contributed by atoms with Crippen LogP contribution in [0.4, 0.5) is 13.2 Å². The summed E-state index contributed by atoms with van der Waals surface area (Å²) in [6.07, 6.45) is 0. The minimum atomic E-state index is -1.42. The zero-order valence-corrected chi connectivity index (χ0v) is 12.5. The molecule has 0 radical (unpaired) electrons. The van der Waals surface area contributed by atoms with Crippen molar-refractivity contribution in [2.45, 2.75) is 46.3 Å². The zero-order chi connectivity index (χ0) is 15.3. The maximum Gasteiger partial charge on any atom is 0.194 e. The Morgan fingerprint density at radius 3 is 1.95 bits per heavy atom. The number of benzene rings is 1. The Bertz CT molecular complexity index is 402. The standard InChI is InChI=1S/C15H23F3N2/c1-10(2)20(11(3)4)6-5-19-9-12-7-13(16)15(18)14(17)8-12/h7-8,10-11,19H,5-6,9H2,1-4H3. The van der Waals surface area contributed by atoms with Crippen molar-refractivity contribution in [2.24, 2.45) is 0 Å². The number of halogens is 3. The largest absolute Gasteiger partial charge is 0.311 e. The summed E-state index contributed by atoms with van der Waals surface area (Å²) < 4.78 is 38.9. The molecule has 1 N–H and O–H groups in total. The van der Waals surface area contributed by atoms with Gasteiger partial charge in [-0.05, 0) is 45.4 Å². The summed E-state index contributed by atoms with van der Waals surface area (Å²) in [5, 5.41) is 3.12. The fourth-order valence-electron chi connectivity index (χ4n) is 2.26. The van der Waals surface area contributed by atoms with E-state index >= 15 is 0 Å². The molecule has 0 bridgehead atoms. The summed E-state index contributed by atoms with van der Waals surface area (Å²) in [7, 11) is 0. The first-order valence-electron chi connectivity index (χ1n) is 6.92. The Balaban J connectivity index is 2.45. The zero-order valence-electron chi connectivity index (χ0n) is 12.5. The van der Waals surface area contributed by atoms with Gasteiger partial charge >= 0.3 is 0 Å². The minimum Gasteiger partial charge on any atom is -0.311 e. The van der Waals surface area contributed by atoms with E-state index in [-0.39, 0.29) is 0 Å². The van der Waals surface area contributed by atoms with Gasteiger partial charge in [-0.2, -0.15) is 0 Å². The topological polar surface area (TPSA) is 15.3 Å². The van der Waals surface area contributed by atoms with Crippen LogP contribution < -0.4 is 5.32 Å². The van der Waals surface area contributed by atoms with Gasteiger partial charge in [-0.25, -0.2) is 13.2 Å². The molecule has 0 aliphatic rings. The van der Waals surface area contributed by atoms with E-state index in [4.69, 9.17) is 0 Å². The molecule has 0 amide bonds. The van der Waals surface area contributed by atoms with Gasteiger partial charge in [0.15, 0.2) is 17.5 Å². The third-order valence-corrected chi connectivity index (χ3v) is 3.25. The van der Waals surface area contributed by atoms with Crippen LogP contribution in [0.1, 0.15) is 33.3 Å². The van der Waals surface area contributed by atoms with Gasteiger partial charge in [0.25, 0.3) is 0 Å². The normalized spacial score (nSPS) is 11.9. The predicted octanol–water partition coefficient (Wildman–Crippen LogP) is 3.31. The summed E-state index contributed by atoms with van der Waals surface area (Å²) in [6.45, 7) is 10.4. The van der Waals surface area contributed by atoms with Crippen LogP contribution in [-0.4, -0.2) is 30.1 Å². The van der Waals surface area contributed by atoms with Gasteiger partial charge in [0.1, 0.15) is 0 Å². The van der Waals surface area contributed by atoms with Crippen LogP contribution in [0, 0.1) is 17.5 Å². The van der Waals surface area contributed by atoms with E-state index in [1.807, 2.05) is 0 Å². The monoisotopic (exact) mass is 288 g/mol. The Labute approximate surface area is 119 Å². The average Bonchev–Trinajstić information content (AvgIpc) is 2.34. The van der Waals surface area contributed by atoms with Crippen LogP contribution in [0.15, 0.2) is 12.1 Å². The van der Waals surface area contributed by atoms with Crippen molar-refractivity contribution in [3.8, 4) is 0 Å². The summed E-state index contributed by atoms with van der Waals surface area (Å²) in [5.41, 5.74) is 0.405. The predicted molar refractivity (Wildman–Crippen MR) is 75.0 cm³/mol. The van der Waals surface area contributed by atoms with Crippen molar-refractivity contribution in [3.05, 3.63) is 35.1 Å². The van der Waals surface area contributed by atoms with Gasteiger partial charge in [-0.1, -0.05) is 0 Å². The van der Waals surface area contributed by atoms with E-state index in [0.717, 1.165) is 18.7 Å². The van der Waals surface area contributed by atoms with E-state index < -0.39 is 17.5 Å². The highest BCUT2D eigenvalue weighted by atomic mass is 19.2. The third kappa shape index (κ3) is 4.80. The van der Waals surface area contributed by atoms with Gasteiger partial charge in [0.2, 0.25) is 0 Å². The van der Waals surface area contributed by atoms with Crippen molar-refractivity contribution < 1.29 is 13.2 Å². The van der Waals surface area contributed by atoms with Gasteiger partial charge < -0.3 is 5.32 Å². The molecular formula is C15H23F3N2. The molecule has 0 spiro atoms. The summed E-state index contributed by atoms with van der Waals surface area (Å²) in [4.78, 5) is 2.32. The SMILES string of the molecule is CC(C)N(CCNCc1cc(F)c(F)c(F)c1)C(C)C. The molecule has 0 atom stereocenters. The van der Waals surface area contributed by atoms with Crippen molar-refractivity contribution in [1.82, 2.24) is 10.2 Å². The van der Waals surface area contributed by atoms with Gasteiger partial charge in [-0.15, -0.1) is 0 Å². The molecule has 0 aromatic heterocycles. The van der Waals surface area contributed by atoms with E-state index in [9.17, 15) is 13.2 Å². The lowest BCUT2D eigenvalue weighted by atomic mass is 10.2. The van der Waals surface area contributed by atoms with E-state index in [1.165, 1.54) is 0 Å². The van der Waals surface area contributed by atoms with Crippen LogP contribution in [0.25, 0.3) is 0 Å². The second-order valence-corrected chi connectivity index (χ2v) is 5.48. The molecule has 114 valence electrons. The molecule has 0 unspecified atom stereocenters. The van der Waals surface area contributed by atoms with Gasteiger partial charge in [-0.3, -0.25) is 4.90 Å². The first kappa shape index (κ1) is 17.0. The fraction of sp³-hybridized carbons (Fsp3) is 0.600. The molecule has 0 saturated carbocycles. The highest BCUT2D eigenvalue weighted by Crippen LogP contribution is 2.13. The maximum atomic E-state index is 13.0. The molecule has 20 heavy (non-hydrogen) atoms. The molecule has 0 aliphatic heterocycles. The van der Waals surface area contributed by atoms with Crippen LogP contribution >= 0.6 is 0 Å². The average molecular weight is 288 g/mol.